The van der Waals surface area contributed by atoms with E-state index in [-0.39, 0.29) is 5.91 Å². The number of carbonyl (C=O) groups is 1. The van der Waals surface area contributed by atoms with E-state index >= 15 is 0 Å². The zero-order chi connectivity index (χ0) is 15.3. The van der Waals surface area contributed by atoms with Gasteiger partial charge in [0.2, 0.25) is 5.91 Å². The number of hydrogen-bond acceptors (Lipinski definition) is 4. The Labute approximate surface area is 127 Å². The lowest BCUT2D eigenvalue weighted by Gasteiger charge is -2.41. The van der Waals surface area contributed by atoms with E-state index in [0.29, 0.717) is 6.54 Å². The quantitative estimate of drug-likeness (QED) is 0.870. The van der Waals surface area contributed by atoms with E-state index < -0.39 is 5.54 Å². The molecule has 5 heteroatoms. The fourth-order valence-corrected chi connectivity index (χ4v) is 2.76. The zero-order valence-electron chi connectivity index (χ0n) is 13.3. The summed E-state index contributed by atoms with van der Waals surface area (Å²) in [6.45, 7) is 8.50. The Balaban J connectivity index is 1.91. The fraction of sp³-hybridized carbons (Fsp3) is 0.625. The van der Waals surface area contributed by atoms with Gasteiger partial charge in [-0.05, 0) is 26.0 Å². The second-order valence-electron chi connectivity index (χ2n) is 6.09. The predicted molar refractivity (Wildman–Crippen MR) is 84.1 cm³/mol. The van der Waals surface area contributed by atoms with E-state index in [1.165, 1.54) is 0 Å². The lowest BCUT2D eigenvalue weighted by Crippen LogP contribution is -2.60. The van der Waals surface area contributed by atoms with Crippen molar-refractivity contribution in [2.75, 3.05) is 39.8 Å². The molecule has 1 saturated heterocycles. The topological polar surface area (TPSA) is 48.5 Å². The van der Waals surface area contributed by atoms with Crippen LogP contribution in [0, 0.1) is 0 Å². The highest BCUT2D eigenvalue weighted by molar-refractivity contribution is 5.85. The number of nitrogens with one attached hydrogen (secondary N) is 1. The summed E-state index contributed by atoms with van der Waals surface area (Å²) in [7, 11) is 1.88. The second kappa shape index (κ2) is 7.00. The van der Waals surface area contributed by atoms with Crippen LogP contribution in [0.2, 0.25) is 0 Å². The SMILES string of the molecule is CN(CCc1ccccn1)C(=O)C(C)(C)N1CCNCC1. The lowest BCUT2D eigenvalue weighted by molar-refractivity contribution is -0.141. The number of piperazine rings is 1. The average molecular weight is 290 g/mol. The van der Waals surface area contributed by atoms with Gasteiger partial charge in [0, 0.05) is 58.1 Å². The molecule has 1 amide bonds. The predicted octanol–water partition coefficient (Wildman–Crippen LogP) is 0.766. The fourth-order valence-electron chi connectivity index (χ4n) is 2.76. The number of aromatic nitrogens is 1. The van der Waals surface area contributed by atoms with Gasteiger partial charge in [0.25, 0.3) is 0 Å². The first-order valence-corrected chi connectivity index (χ1v) is 7.63. The third kappa shape index (κ3) is 4.02. The summed E-state index contributed by atoms with van der Waals surface area (Å²) in [4.78, 5) is 21.1. The van der Waals surface area contributed by atoms with E-state index in [4.69, 9.17) is 0 Å². The minimum Gasteiger partial charge on any atom is -0.344 e. The summed E-state index contributed by atoms with van der Waals surface area (Å²) >= 11 is 0. The number of pyridine rings is 1. The molecule has 1 aliphatic heterocycles. The molecular formula is C16H26N4O. The molecule has 1 N–H and O–H groups in total. The Bertz CT molecular complexity index is 455. The summed E-state index contributed by atoms with van der Waals surface area (Å²) in [5, 5.41) is 3.33. The normalized spacial score (nSPS) is 16.7. The Morgan fingerprint density at radius 1 is 1.38 bits per heavy atom. The molecule has 1 aromatic heterocycles. The van der Waals surface area contributed by atoms with Crippen molar-refractivity contribution in [3.05, 3.63) is 30.1 Å². The molecule has 0 atom stereocenters. The van der Waals surface area contributed by atoms with E-state index in [1.54, 1.807) is 6.20 Å². The molecule has 5 nitrogen and oxygen atoms in total. The van der Waals surface area contributed by atoms with Crippen LogP contribution < -0.4 is 5.32 Å². The number of amides is 1. The first-order chi connectivity index (χ1) is 10.0. The number of hydrogen-bond donors (Lipinski definition) is 1. The Morgan fingerprint density at radius 2 is 2.10 bits per heavy atom. The largest absolute Gasteiger partial charge is 0.344 e. The first kappa shape index (κ1) is 15.9. The van der Waals surface area contributed by atoms with Crippen LogP contribution in [0.15, 0.2) is 24.4 Å². The van der Waals surface area contributed by atoms with Crippen LogP contribution in [-0.2, 0) is 11.2 Å². The highest BCUT2D eigenvalue weighted by Gasteiger charge is 2.36. The molecule has 2 rings (SSSR count). The Hall–Kier alpha value is -1.46. The molecular weight excluding hydrogens is 264 g/mol. The highest BCUT2D eigenvalue weighted by Crippen LogP contribution is 2.18. The van der Waals surface area contributed by atoms with Crippen LogP contribution in [0.4, 0.5) is 0 Å². The van der Waals surface area contributed by atoms with Crippen LogP contribution >= 0.6 is 0 Å². The minimum absolute atomic E-state index is 0.181. The van der Waals surface area contributed by atoms with Crippen molar-refractivity contribution >= 4 is 5.91 Å². The van der Waals surface area contributed by atoms with Crippen molar-refractivity contribution in [2.45, 2.75) is 25.8 Å². The molecule has 0 bridgehead atoms. The lowest BCUT2D eigenvalue weighted by atomic mass is 9.99. The number of rotatable bonds is 5. The van der Waals surface area contributed by atoms with Crippen molar-refractivity contribution < 1.29 is 4.79 Å². The van der Waals surface area contributed by atoms with Gasteiger partial charge < -0.3 is 10.2 Å². The molecule has 0 aliphatic carbocycles. The minimum atomic E-state index is -0.443. The molecule has 0 unspecified atom stereocenters. The molecule has 0 saturated carbocycles. The van der Waals surface area contributed by atoms with Gasteiger partial charge in [-0.15, -0.1) is 0 Å². The Kier molecular flexibility index (Phi) is 5.31. The maximum absolute atomic E-state index is 12.7. The average Bonchev–Trinajstić information content (AvgIpc) is 2.53. The smallest absolute Gasteiger partial charge is 0.242 e. The van der Waals surface area contributed by atoms with Gasteiger partial charge in [0.1, 0.15) is 0 Å². The van der Waals surface area contributed by atoms with Gasteiger partial charge >= 0.3 is 0 Å². The molecule has 116 valence electrons. The van der Waals surface area contributed by atoms with Crippen molar-refractivity contribution in [3.63, 3.8) is 0 Å². The molecule has 0 aromatic carbocycles. The summed E-state index contributed by atoms with van der Waals surface area (Å²) in [5.41, 5.74) is 0.582. The maximum atomic E-state index is 12.7. The summed E-state index contributed by atoms with van der Waals surface area (Å²) < 4.78 is 0. The van der Waals surface area contributed by atoms with Gasteiger partial charge in [-0.3, -0.25) is 14.7 Å². The van der Waals surface area contributed by atoms with Crippen molar-refractivity contribution in [3.8, 4) is 0 Å². The zero-order valence-corrected chi connectivity index (χ0v) is 13.3. The number of carbonyl (C=O) groups excluding carboxylic acids is 1. The molecule has 1 fully saturated rings. The molecule has 2 heterocycles. The van der Waals surface area contributed by atoms with Gasteiger partial charge in [0.05, 0.1) is 5.54 Å². The standard InChI is InChI=1S/C16H26N4O/c1-16(2,20-12-9-17-10-13-20)15(21)19(3)11-7-14-6-4-5-8-18-14/h4-6,8,17H,7,9-13H2,1-3H3. The number of likely N-dealkylation sites (N-methyl/N-ethyl adjacent to an activating group) is 1. The summed E-state index contributed by atoms with van der Waals surface area (Å²) in [5.74, 6) is 0.181. The van der Waals surface area contributed by atoms with Crippen LogP contribution in [0.5, 0.6) is 0 Å². The van der Waals surface area contributed by atoms with Gasteiger partial charge in [-0.25, -0.2) is 0 Å². The molecule has 21 heavy (non-hydrogen) atoms. The van der Waals surface area contributed by atoms with Crippen LogP contribution in [-0.4, -0.2) is 66.0 Å². The second-order valence-corrected chi connectivity index (χ2v) is 6.09. The maximum Gasteiger partial charge on any atom is 0.242 e. The van der Waals surface area contributed by atoms with Crippen molar-refractivity contribution in [2.24, 2.45) is 0 Å². The molecule has 1 aliphatic rings. The molecule has 0 radical (unpaired) electrons. The van der Waals surface area contributed by atoms with E-state index in [1.807, 2.05) is 44.0 Å². The van der Waals surface area contributed by atoms with Crippen molar-refractivity contribution in [1.82, 2.24) is 20.1 Å². The van der Waals surface area contributed by atoms with Gasteiger partial charge in [-0.2, -0.15) is 0 Å². The molecule has 0 spiro atoms. The van der Waals surface area contributed by atoms with E-state index in [0.717, 1.165) is 38.3 Å². The van der Waals surface area contributed by atoms with E-state index in [9.17, 15) is 4.79 Å². The van der Waals surface area contributed by atoms with Crippen LogP contribution in [0.1, 0.15) is 19.5 Å². The van der Waals surface area contributed by atoms with Crippen LogP contribution in [0.3, 0.4) is 0 Å². The third-order valence-corrected chi connectivity index (χ3v) is 4.21. The Morgan fingerprint density at radius 3 is 2.71 bits per heavy atom. The number of nitrogens with zero attached hydrogens (tertiary/aromatic N) is 3. The third-order valence-electron chi connectivity index (χ3n) is 4.21. The monoisotopic (exact) mass is 290 g/mol. The molecule has 1 aromatic rings. The van der Waals surface area contributed by atoms with E-state index in [2.05, 4.69) is 15.2 Å². The van der Waals surface area contributed by atoms with Gasteiger partial charge in [-0.1, -0.05) is 6.07 Å². The first-order valence-electron chi connectivity index (χ1n) is 7.63. The van der Waals surface area contributed by atoms with Crippen molar-refractivity contribution in [1.29, 1.82) is 0 Å². The summed E-state index contributed by atoms with van der Waals surface area (Å²) in [6.07, 6.45) is 2.59. The van der Waals surface area contributed by atoms with Crippen LogP contribution in [0.25, 0.3) is 0 Å². The highest BCUT2D eigenvalue weighted by atomic mass is 16.2. The summed E-state index contributed by atoms with van der Waals surface area (Å²) in [6, 6.07) is 5.89. The van der Waals surface area contributed by atoms with Gasteiger partial charge in [0.15, 0.2) is 0 Å².